The van der Waals surface area contributed by atoms with Crippen molar-refractivity contribution < 1.29 is 13.9 Å². The van der Waals surface area contributed by atoms with E-state index in [-0.39, 0.29) is 18.0 Å². The molecule has 0 bridgehead atoms. The van der Waals surface area contributed by atoms with Gasteiger partial charge in [-0.25, -0.2) is 0 Å². The summed E-state index contributed by atoms with van der Waals surface area (Å²) in [6, 6.07) is 14.8. The van der Waals surface area contributed by atoms with Crippen LogP contribution in [0.5, 0.6) is 5.75 Å². The largest absolute Gasteiger partial charge is 0.495 e. The Morgan fingerprint density at radius 1 is 1.27 bits per heavy atom. The van der Waals surface area contributed by atoms with E-state index in [4.69, 9.17) is 21.4 Å². The standard InChI is InChI=1S/C22H22N4O3S/c1-13-7-9-19(29-13)21-20(16-6-4-5-11-23-16)25-22(30)26(21)15-8-10-18(28-3)17(12-15)24-14(2)27/h4-12,20-21H,1-3H3,(H,24,27)(H,25,30)/t20-,21+/m0/s1. The number of carbonyl (C=O) groups excluding carboxylic acids is 1. The SMILES string of the molecule is COc1ccc(N2C(=S)N[C@@H](c3ccccn3)[C@H]2c2ccc(C)o2)cc1NC(C)=O. The minimum absolute atomic E-state index is 0.183. The lowest BCUT2D eigenvalue weighted by Gasteiger charge is -2.27. The molecule has 2 atom stereocenters. The molecule has 1 fully saturated rings. The molecule has 1 aliphatic rings. The molecule has 0 aliphatic carbocycles. The van der Waals surface area contributed by atoms with Crippen LogP contribution in [0.3, 0.4) is 0 Å². The monoisotopic (exact) mass is 422 g/mol. The summed E-state index contributed by atoms with van der Waals surface area (Å²) in [5.41, 5.74) is 2.23. The Morgan fingerprint density at radius 2 is 2.10 bits per heavy atom. The van der Waals surface area contributed by atoms with Crippen molar-refractivity contribution in [2.75, 3.05) is 17.3 Å². The summed E-state index contributed by atoms with van der Waals surface area (Å²) in [6.07, 6.45) is 1.76. The van der Waals surface area contributed by atoms with Crippen molar-refractivity contribution >= 4 is 34.6 Å². The molecule has 1 aromatic carbocycles. The highest BCUT2D eigenvalue weighted by molar-refractivity contribution is 7.80. The Labute approximate surface area is 180 Å². The van der Waals surface area contributed by atoms with E-state index in [9.17, 15) is 4.79 Å². The third-order valence-corrected chi connectivity index (χ3v) is 5.24. The maximum atomic E-state index is 11.7. The normalized spacial score (nSPS) is 18.2. The Hall–Kier alpha value is -3.39. The number of pyridine rings is 1. The van der Waals surface area contributed by atoms with Crippen molar-refractivity contribution in [2.24, 2.45) is 0 Å². The second kappa shape index (κ2) is 8.16. The molecule has 0 spiro atoms. The number of aryl methyl sites for hydroxylation is 1. The van der Waals surface area contributed by atoms with Gasteiger partial charge in [-0.1, -0.05) is 6.07 Å². The average molecular weight is 423 g/mol. The van der Waals surface area contributed by atoms with Gasteiger partial charge in [-0.05, 0) is 61.6 Å². The van der Waals surface area contributed by atoms with Crippen LogP contribution >= 0.6 is 12.2 Å². The third-order valence-electron chi connectivity index (χ3n) is 4.92. The predicted molar refractivity (Wildman–Crippen MR) is 119 cm³/mol. The molecular formula is C22H22N4O3S. The number of anilines is 2. The van der Waals surface area contributed by atoms with Crippen molar-refractivity contribution in [3.8, 4) is 5.75 Å². The van der Waals surface area contributed by atoms with Crippen LogP contribution in [0, 0.1) is 6.92 Å². The Balaban J connectivity index is 1.81. The number of carbonyl (C=O) groups is 1. The fraction of sp³-hybridized carbons (Fsp3) is 0.227. The molecule has 2 N–H and O–H groups in total. The zero-order valence-corrected chi connectivity index (χ0v) is 17.7. The molecule has 4 rings (SSSR count). The van der Waals surface area contributed by atoms with Gasteiger partial charge in [0.2, 0.25) is 5.91 Å². The quantitative estimate of drug-likeness (QED) is 0.599. The van der Waals surface area contributed by atoms with E-state index in [1.165, 1.54) is 6.92 Å². The lowest BCUT2D eigenvalue weighted by molar-refractivity contribution is -0.114. The molecule has 154 valence electrons. The van der Waals surface area contributed by atoms with Crippen LogP contribution in [0.15, 0.2) is 59.1 Å². The number of furan rings is 1. The first-order valence-corrected chi connectivity index (χ1v) is 9.91. The second-order valence-electron chi connectivity index (χ2n) is 7.01. The van der Waals surface area contributed by atoms with Crippen LogP contribution in [-0.2, 0) is 4.79 Å². The second-order valence-corrected chi connectivity index (χ2v) is 7.40. The fourth-order valence-electron chi connectivity index (χ4n) is 3.67. The first kappa shape index (κ1) is 19.9. The van der Waals surface area contributed by atoms with E-state index in [0.29, 0.717) is 16.5 Å². The number of nitrogens with zero attached hydrogens (tertiary/aromatic N) is 2. The first-order chi connectivity index (χ1) is 14.5. The van der Waals surface area contributed by atoms with Gasteiger partial charge >= 0.3 is 0 Å². The minimum atomic E-state index is -0.250. The van der Waals surface area contributed by atoms with Crippen molar-refractivity contribution in [1.82, 2.24) is 10.3 Å². The van der Waals surface area contributed by atoms with Gasteiger partial charge in [0.1, 0.15) is 23.3 Å². The summed E-state index contributed by atoms with van der Waals surface area (Å²) < 4.78 is 11.4. The topological polar surface area (TPSA) is 79.6 Å². The van der Waals surface area contributed by atoms with Crippen LogP contribution in [-0.4, -0.2) is 23.1 Å². The highest BCUT2D eigenvalue weighted by Crippen LogP contribution is 2.43. The van der Waals surface area contributed by atoms with Crippen LogP contribution in [0.1, 0.15) is 36.2 Å². The van der Waals surface area contributed by atoms with E-state index < -0.39 is 0 Å². The average Bonchev–Trinajstić information content (AvgIpc) is 3.31. The molecule has 1 saturated heterocycles. The first-order valence-electron chi connectivity index (χ1n) is 9.50. The molecule has 1 amide bonds. The van der Waals surface area contributed by atoms with E-state index in [1.54, 1.807) is 13.3 Å². The molecule has 7 nitrogen and oxygen atoms in total. The van der Waals surface area contributed by atoms with Crippen LogP contribution in [0.25, 0.3) is 0 Å². The predicted octanol–water partition coefficient (Wildman–Crippen LogP) is 4.13. The zero-order valence-electron chi connectivity index (χ0n) is 16.9. The minimum Gasteiger partial charge on any atom is -0.495 e. The summed E-state index contributed by atoms with van der Waals surface area (Å²) in [7, 11) is 1.56. The number of amides is 1. The number of hydrogen-bond acceptors (Lipinski definition) is 5. The summed E-state index contributed by atoms with van der Waals surface area (Å²) in [5.74, 6) is 1.97. The number of ether oxygens (including phenoxy) is 1. The van der Waals surface area contributed by atoms with Gasteiger partial charge in [-0.3, -0.25) is 9.78 Å². The third kappa shape index (κ3) is 3.73. The lowest BCUT2D eigenvalue weighted by atomic mass is 10.0. The number of methoxy groups -OCH3 is 1. The van der Waals surface area contributed by atoms with E-state index >= 15 is 0 Å². The molecule has 0 radical (unpaired) electrons. The van der Waals surface area contributed by atoms with Gasteiger partial charge < -0.3 is 24.7 Å². The molecule has 8 heteroatoms. The van der Waals surface area contributed by atoms with Crippen molar-refractivity contribution in [2.45, 2.75) is 25.9 Å². The lowest BCUT2D eigenvalue weighted by Crippen LogP contribution is -2.29. The van der Waals surface area contributed by atoms with Crippen LogP contribution < -0.4 is 20.3 Å². The molecule has 3 aromatic rings. The van der Waals surface area contributed by atoms with E-state index in [0.717, 1.165) is 22.9 Å². The van der Waals surface area contributed by atoms with Crippen LogP contribution in [0.2, 0.25) is 0 Å². The summed E-state index contributed by atoms with van der Waals surface area (Å²) >= 11 is 5.70. The van der Waals surface area contributed by atoms with Crippen molar-refractivity contribution in [1.29, 1.82) is 0 Å². The van der Waals surface area contributed by atoms with E-state index in [2.05, 4.69) is 15.6 Å². The Morgan fingerprint density at radius 3 is 2.73 bits per heavy atom. The molecule has 3 heterocycles. The van der Waals surface area contributed by atoms with Gasteiger partial charge in [0.05, 0.1) is 24.5 Å². The van der Waals surface area contributed by atoms with Gasteiger partial charge in [0.15, 0.2) is 5.11 Å². The number of thiocarbonyl (C=S) groups is 1. The summed E-state index contributed by atoms with van der Waals surface area (Å²) in [5, 5.41) is 6.74. The molecule has 0 unspecified atom stereocenters. The zero-order chi connectivity index (χ0) is 21.3. The smallest absolute Gasteiger partial charge is 0.221 e. The Kier molecular flexibility index (Phi) is 5.41. The van der Waals surface area contributed by atoms with Gasteiger partial charge in [-0.2, -0.15) is 0 Å². The highest BCUT2D eigenvalue weighted by atomic mass is 32.1. The summed E-state index contributed by atoms with van der Waals surface area (Å²) in [4.78, 5) is 18.2. The van der Waals surface area contributed by atoms with Crippen molar-refractivity contribution in [3.05, 3.63) is 71.9 Å². The molecule has 2 aromatic heterocycles. The maximum absolute atomic E-state index is 11.7. The van der Waals surface area contributed by atoms with Gasteiger partial charge in [-0.15, -0.1) is 0 Å². The number of aromatic nitrogens is 1. The molecular weight excluding hydrogens is 400 g/mol. The molecule has 0 saturated carbocycles. The van der Waals surface area contributed by atoms with Crippen molar-refractivity contribution in [3.63, 3.8) is 0 Å². The van der Waals surface area contributed by atoms with Crippen LogP contribution in [0.4, 0.5) is 11.4 Å². The van der Waals surface area contributed by atoms with Gasteiger partial charge in [0.25, 0.3) is 0 Å². The van der Waals surface area contributed by atoms with E-state index in [1.807, 2.05) is 60.4 Å². The number of nitrogens with one attached hydrogen (secondary N) is 2. The number of rotatable bonds is 5. The van der Waals surface area contributed by atoms with Gasteiger partial charge in [0, 0.05) is 18.8 Å². The highest BCUT2D eigenvalue weighted by Gasteiger charge is 2.42. The number of hydrogen-bond donors (Lipinski definition) is 2. The molecule has 30 heavy (non-hydrogen) atoms. The fourth-order valence-corrected chi connectivity index (χ4v) is 4.01. The maximum Gasteiger partial charge on any atom is 0.221 e. The summed E-state index contributed by atoms with van der Waals surface area (Å²) in [6.45, 7) is 3.37. The molecule has 1 aliphatic heterocycles. The Bertz CT molecular complexity index is 1080. The number of benzene rings is 1.